The van der Waals surface area contributed by atoms with Gasteiger partial charge in [-0.1, -0.05) is 30.3 Å². The van der Waals surface area contributed by atoms with Crippen molar-refractivity contribution in [3.05, 3.63) is 35.9 Å². The largest absolute Gasteiger partial charge is 0.354 e. The SMILES string of the molecule is NC(Cc1ccccc1)C(=O)NCC(C1CC1)C1CC1. The molecule has 3 rings (SSSR count). The summed E-state index contributed by atoms with van der Waals surface area (Å²) in [4.78, 5) is 12.1. The number of benzene rings is 1. The molecule has 0 aromatic heterocycles. The molecule has 2 aliphatic rings. The van der Waals surface area contributed by atoms with Crippen LogP contribution in [0.1, 0.15) is 31.2 Å². The van der Waals surface area contributed by atoms with E-state index in [-0.39, 0.29) is 5.91 Å². The van der Waals surface area contributed by atoms with E-state index < -0.39 is 6.04 Å². The van der Waals surface area contributed by atoms with Gasteiger partial charge in [0.15, 0.2) is 0 Å². The van der Waals surface area contributed by atoms with Gasteiger partial charge in [0, 0.05) is 6.54 Å². The molecule has 1 atom stereocenters. The monoisotopic (exact) mass is 272 g/mol. The zero-order valence-electron chi connectivity index (χ0n) is 11.9. The minimum atomic E-state index is -0.434. The predicted octanol–water partition coefficient (Wildman–Crippen LogP) is 2.11. The first-order valence-electron chi connectivity index (χ1n) is 7.81. The number of hydrogen-bond acceptors (Lipinski definition) is 2. The molecule has 1 aromatic rings. The van der Waals surface area contributed by atoms with Gasteiger partial charge in [-0.25, -0.2) is 0 Å². The molecule has 3 nitrogen and oxygen atoms in total. The number of nitrogens with one attached hydrogen (secondary N) is 1. The van der Waals surface area contributed by atoms with Crippen molar-refractivity contribution in [3.63, 3.8) is 0 Å². The summed E-state index contributed by atoms with van der Waals surface area (Å²) in [5.74, 6) is 2.45. The highest BCUT2D eigenvalue weighted by molar-refractivity contribution is 5.81. The van der Waals surface area contributed by atoms with E-state index in [0.29, 0.717) is 12.3 Å². The van der Waals surface area contributed by atoms with E-state index in [1.807, 2.05) is 30.3 Å². The van der Waals surface area contributed by atoms with Gasteiger partial charge >= 0.3 is 0 Å². The summed E-state index contributed by atoms with van der Waals surface area (Å²) in [6, 6.07) is 9.54. The summed E-state index contributed by atoms with van der Waals surface area (Å²) < 4.78 is 0. The maximum Gasteiger partial charge on any atom is 0.237 e. The molecule has 0 saturated heterocycles. The van der Waals surface area contributed by atoms with Crippen molar-refractivity contribution in [2.75, 3.05) is 6.54 Å². The van der Waals surface area contributed by atoms with Crippen LogP contribution in [-0.4, -0.2) is 18.5 Å². The zero-order chi connectivity index (χ0) is 13.9. The first-order chi connectivity index (χ1) is 9.74. The Balaban J connectivity index is 1.45. The van der Waals surface area contributed by atoms with Crippen molar-refractivity contribution in [3.8, 4) is 0 Å². The standard InChI is InChI=1S/C17H24N2O/c18-16(10-12-4-2-1-3-5-12)17(20)19-11-15(13-6-7-13)14-8-9-14/h1-5,13-16H,6-11,18H2,(H,19,20). The third-order valence-corrected chi connectivity index (χ3v) is 4.60. The second-order valence-electron chi connectivity index (χ2n) is 6.38. The summed E-state index contributed by atoms with van der Waals surface area (Å²) in [5.41, 5.74) is 7.13. The average Bonchev–Trinajstić information content (AvgIpc) is 3.33. The van der Waals surface area contributed by atoms with E-state index in [4.69, 9.17) is 5.73 Å². The van der Waals surface area contributed by atoms with Crippen LogP contribution in [0.2, 0.25) is 0 Å². The molecule has 0 aliphatic heterocycles. The van der Waals surface area contributed by atoms with Gasteiger partial charge < -0.3 is 11.1 Å². The Kier molecular flexibility index (Phi) is 4.06. The maximum atomic E-state index is 12.1. The maximum absolute atomic E-state index is 12.1. The summed E-state index contributed by atoms with van der Waals surface area (Å²) >= 11 is 0. The highest BCUT2D eigenvalue weighted by Crippen LogP contribution is 2.48. The Bertz CT molecular complexity index is 439. The Morgan fingerprint density at radius 2 is 1.75 bits per heavy atom. The minimum Gasteiger partial charge on any atom is -0.354 e. The van der Waals surface area contributed by atoms with Gasteiger partial charge in [-0.15, -0.1) is 0 Å². The quantitative estimate of drug-likeness (QED) is 0.798. The topological polar surface area (TPSA) is 55.1 Å². The van der Waals surface area contributed by atoms with Crippen molar-refractivity contribution < 1.29 is 4.79 Å². The van der Waals surface area contributed by atoms with Crippen molar-refractivity contribution in [2.24, 2.45) is 23.5 Å². The van der Waals surface area contributed by atoms with Gasteiger partial charge in [-0.2, -0.15) is 0 Å². The highest BCUT2D eigenvalue weighted by Gasteiger charge is 2.41. The van der Waals surface area contributed by atoms with Gasteiger partial charge in [0.25, 0.3) is 0 Å². The molecule has 1 aromatic carbocycles. The number of nitrogens with two attached hydrogens (primary N) is 1. The van der Waals surface area contributed by atoms with Gasteiger partial charge in [-0.3, -0.25) is 4.79 Å². The van der Waals surface area contributed by atoms with E-state index in [2.05, 4.69) is 5.32 Å². The average molecular weight is 272 g/mol. The second-order valence-corrected chi connectivity index (χ2v) is 6.38. The second kappa shape index (κ2) is 5.96. The minimum absolute atomic E-state index is 0.000142. The number of carbonyl (C=O) groups is 1. The van der Waals surface area contributed by atoms with E-state index in [1.54, 1.807) is 0 Å². The van der Waals surface area contributed by atoms with E-state index in [1.165, 1.54) is 25.7 Å². The van der Waals surface area contributed by atoms with Crippen molar-refractivity contribution >= 4 is 5.91 Å². The van der Waals surface area contributed by atoms with Crippen LogP contribution in [0.15, 0.2) is 30.3 Å². The predicted molar refractivity (Wildman–Crippen MR) is 80.1 cm³/mol. The molecule has 3 heteroatoms. The summed E-state index contributed by atoms with van der Waals surface area (Å²) in [6.45, 7) is 0.830. The fourth-order valence-corrected chi connectivity index (χ4v) is 3.08. The lowest BCUT2D eigenvalue weighted by Gasteiger charge is -2.18. The third-order valence-electron chi connectivity index (χ3n) is 4.60. The van der Waals surface area contributed by atoms with Gasteiger partial charge in [0.2, 0.25) is 5.91 Å². The Labute approximate surface area is 120 Å². The van der Waals surface area contributed by atoms with Crippen LogP contribution in [0.4, 0.5) is 0 Å². The molecule has 1 unspecified atom stereocenters. The molecule has 3 N–H and O–H groups in total. The lowest BCUT2D eigenvalue weighted by Crippen LogP contribution is -2.44. The van der Waals surface area contributed by atoms with Gasteiger partial charge in [0.05, 0.1) is 6.04 Å². The normalized spacial score (nSPS) is 19.9. The molecule has 1 amide bonds. The highest BCUT2D eigenvalue weighted by atomic mass is 16.2. The molecule has 0 bridgehead atoms. The number of rotatable bonds is 7. The number of carbonyl (C=O) groups excluding carboxylic acids is 1. The van der Waals surface area contributed by atoms with Crippen LogP contribution < -0.4 is 11.1 Å². The van der Waals surface area contributed by atoms with E-state index in [0.717, 1.165) is 23.9 Å². The van der Waals surface area contributed by atoms with Crippen LogP contribution in [0.3, 0.4) is 0 Å². The summed E-state index contributed by atoms with van der Waals surface area (Å²) in [7, 11) is 0. The summed E-state index contributed by atoms with van der Waals surface area (Å²) in [6.07, 6.45) is 6.03. The van der Waals surface area contributed by atoms with Crippen LogP contribution in [-0.2, 0) is 11.2 Å². The van der Waals surface area contributed by atoms with Crippen LogP contribution in [0, 0.1) is 17.8 Å². The number of hydrogen-bond donors (Lipinski definition) is 2. The third kappa shape index (κ3) is 3.60. The first-order valence-corrected chi connectivity index (χ1v) is 7.81. The molecule has 2 aliphatic carbocycles. The lowest BCUT2D eigenvalue weighted by atomic mass is 9.97. The fourth-order valence-electron chi connectivity index (χ4n) is 3.08. The van der Waals surface area contributed by atoms with Crippen molar-refractivity contribution in [2.45, 2.75) is 38.1 Å². The van der Waals surface area contributed by atoms with Crippen molar-refractivity contribution in [1.29, 1.82) is 0 Å². The first kappa shape index (κ1) is 13.6. The molecule has 0 heterocycles. The smallest absolute Gasteiger partial charge is 0.237 e. The molecule has 2 saturated carbocycles. The molecule has 20 heavy (non-hydrogen) atoms. The van der Waals surface area contributed by atoms with E-state index >= 15 is 0 Å². The van der Waals surface area contributed by atoms with E-state index in [9.17, 15) is 4.79 Å². The number of amides is 1. The van der Waals surface area contributed by atoms with Gasteiger partial charge in [0.1, 0.15) is 0 Å². The Morgan fingerprint density at radius 1 is 1.15 bits per heavy atom. The lowest BCUT2D eigenvalue weighted by molar-refractivity contribution is -0.122. The molecule has 108 valence electrons. The van der Waals surface area contributed by atoms with Crippen LogP contribution in [0.5, 0.6) is 0 Å². The Hall–Kier alpha value is -1.35. The van der Waals surface area contributed by atoms with Crippen LogP contribution >= 0.6 is 0 Å². The van der Waals surface area contributed by atoms with Crippen molar-refractivity contribution in [1.82, 2.24) is 5.32 Å². The molecule has 0 spiro atoms. The Morgan fingerprint density at radius 3 is 2.30 bits per heavy atom. The molecule has 0 radical (unpaired) electrons. The molecular formula is C17H24N2O. The zero-order valence-corrected chi connectivity index (χ0v) is 11.9. The molecule has 2 fully saturated rings. The fraction of sp³-hybridized carbons (Fsp3) is 0.588. The van der Waals surface area contributed by atoms with Gasteiger partial charge in [-0.05, 0) is 55.4 Å². The van der Waals surface area contributed by atoms with Crippen LogP contribution in [0.25, 0.3) is 0 Å². The summed E-state index contributed by atoms with van der Waals surface area (Å²) in [5, 5.41) is 3.08. The molecular weight excluding hydrogens is 248 g/mol.